The van der Waals surface area contributed by atoms with E-state index in [9.17, 15) is 18.5 Å². The molecule has 0 bridgehead atoms. The van der Waals surface area contributed by atoms with Crippen molar-refractivity contribution in [3.63, 3.8) is 0 Å². The normalized spacial score (nSPS) is 11.0. The van der Waals surface area contributed by atoms with E-state index in [1.54, 1.807) is 13.0 Å². The van der Waals surface area contributed by atoms with E-state index in [-0.39, 0.29) is 22.5 Å². The Morgan fingerprint density at radius 1 is 0.907 bits per heavy atom. The predicted octanol–water partition coefficient (Wildman–Crippen LogP) is 6.23. The number of benzene rings is 3. The molecule has 5 aromatic rings. The van der Waals surface area contributed by atoms with Gasteiger partial charge in [-0.1, -0.05) is 71.9 Å². The maximum absolute atomic E-state index is 12.9. The summed E-state index contributed by atoms with van der Waals surface area (Å²) in [5.41, 5.74) is 5.74. The van der Waals surface area contributed by atoms with Gasteiger partial charge < -0.3 is 5.32 Å². The van der Waals surface area contributed by atoms with E-state index in [1.807, 2.05) is 67.6 Å². The van der Waals surface area contributed by atoms with Crippen molar-refractivity contribution in [3.8, 4) is 28.5 Å². The van der Waals surface area contributed by atoms with Crippen LogP contribution in [0.1, 0.15) is 16.8 Å². The summed E-state index contributed by atoms with van der Waals surface area (Å²) in [7, 11) is -3.92. The summed E-state index contributed by atoms with van der Waals surface area (Å²) in [6.07, 6.45) is 1.47. The SMILES string of the molecule is Cc1ccc(-c2cc(-c3ccccc3)nc(SCC(=O)Nc3ccc(S(=O)(=O)Nc4nccc(C)n4)cc3)c2C#N)cc1. The Labute approximate surface area is 254 Å². The number of anilines is 2. The van der Waals surface area contributed by atoms with Crippen molar-refractivity contribution in [2.45, 2.75) is 23.8 Å². The minimum Gasteiger partial charge on any atom is -0.325 e. The topological polar surface area (TPSA) is 138 Å². The van der Waals surface area contributed by atoms with Crippen molar-refractivity contribution in [1.29, 1.82) is 5.26 Å². The highest BCUT2D eigenvalue weighted by Gasteiger charge is 2.18. The second kappa shape index (κ2) is 12.9. The predicted molar refractivity (Wildman–Crippen MR) is 168 cm³/mol. The molecule has 5 rings (SSSR count). The number of aromatic nitrogens is 3. The summed E-state index contributed by atoms with van der Waals surface area (Å²) >= 11 is 1.16. The lowest BCUT2D eigenvalue weighted by Crippen LogP contribution is -2.16. The molecular formula is C32H26N6O3S2. The number of thioether (sulfide) groups is 1. The standard InChI is InChI=1S/C32H26N6O3S2/c1-21-8-10-23(11-9-21)27-18-29(24-6-4-3-5-7-24)37-31(28(27)19-33)42-20-30(39)36-25-12-14-26(15-13-25)43(40,41)38-32-34-17-16-22(2)35-32/h3-18H,20H2,1-2H3,(H,36,39)(H,34,35,38). The molecule has 0 fully saturated rings. The van der Waals surface area contributed by atoms with E-state index in [4.69, 9.17) is 4.98 Å². The van der Waals surface area contributed by atoms with E-state index in [0.29, 0.717) is 27.7 Å². The molecule has 0 saturated heterocycles. The monoisotopic (exact) mass is 606 g/mol. The van der Waals surface area contributed by atoms with Crippen LogP contribution in [0, 0.1) is 25.2 Å². The summed E-state index contributed by atoms with van der Waals surface area (Å²) in [5.74, 6) is -0.374. The first kappa shape index (κ1) is 29.4. The van der Waals surface area contributed by atoms with Gasteiger partial charge in [-0.2, -0.15) is 5.26 Å². The van der Waals surface area contributed by atoms with Crippen LogP contribution < -0.4 is 10.0 Å². The van der Waals surface area contributed by atoms with Gasteiger partial charge in [0.15, 0.2) is 0 Å². The lowest BCUT2D eigenvalue weighted by molar-refractivity contribution is -0.113. The summed E-state index contributed by atoms with van der Waals surface area (Å²) in [6.45, 7) is 3.73. The Morgan fingerprint density at radius 3 is 2.30 bits per heavy atom. The number of rotatable bonds is 9. The summed E-state index contributed by atoms with van der Waals surface area (Å²) in [5, 5.41) is 13.3. The molecule has 0 aliphatic rings. The zero-order valence-corrected chi connectivity index (χ0v) is 24.9. The number of nitrogens with zero attached hydrogens (tertiary/aromatic N) is 4. The fourth-order valence-corrected chi connectivity index (χ4v) is 5.93. The van der Waals surface area contributed by atoms with E-state index in [0.717, 1.165) is 34.0 Å². The average molecular weight is 607 g/mol. The number of sulfonamides is 1. The lowest BCUT2D eigenvalue weighted by atomic mass is 9.98. The smallest absolute Gasteiger partial charge is 0.264 e. The van der Waals surface area contributed by atoms with Gasteiger partial charge in [-0.15, -0.1) is 0 Å². The van der Waals surface area contributed by atoms with E-state index in [1.165, 1.54) is 30.5 Å². The second-order valence-corrected chi connectivity index (χ2v) is 12.2. The van der Waals surface area contributed by atoms with Gasteiger partial charge >= 0.3 is 0 Å². The van der Waals surface area contributed by atoms with Gasteiger partial charge in [0, 0.05) is 28.7 Å². The molecule has 214 valence electrons. The molecule has 0 saturated carbocycles. The maximum Gasteiger partial charge on any atom is 0.264 e. The lowest BCUT2D eigenvalue weighted by Gasteiger charge is -2.13. The molecule has 1 amide bonds. The molecular weight excluding hydrogens is 581 g/mol. The van der Waals surface area contributed by atoms with Crippen LogP contribution in [0.4, 0.5) is 11.6 Å². The third kappa shape index (κ3) is 7.24. The molecule has 0 atom stereocenters. The first-order valence-corrected chi connectivity index (χ1v) is 15.6. The van der Waals surface area contributed by atoms with Gasteiger partial charge in [0.05, 0.1) is 21.9 Å². The Bertz CT molecular complexity index is 1920. The summed E-state index contributed by atoms with van der Waals surface area (Å²) in [4.78, 5) is 25.6. The van der Waals surface area contributed by atoms with Crippen LogP contribution in [0.3, 0.4) is 0 Å². The molecule has 0 aliphatic carbocycles. The fourth-order valence-electron chi connectivity index (χ4n) is 4.18. The maximum atomic E-state index is 12.9. The number of hydrogen-bond acceptors (Lipinski definition) is 8. The molecule has 2 N–H and O–H groups in total. The van der Waals surface area contributed by atoms with Gasteiger partial charge in [-0.25, -0.2) is 28.1 Å². The number of hydrogen-bond donors (Lipinski definition) is 2. The summed E-state index contributed by atoms with van der Waals surface area (Å²) in [6, 6.07) is 29.2. The Morgan fingerprint density at radius 2 is 1.63 bits per heavy atom. The molecule has 2 heterocycles. The largest absolute Gasteiger partial charge is 0.325 e. The van der Waals surface area contributed by atoms with Crippen molar-refractivity contribution in [2.24, 2.45) is 0 Å². The minimum absolute atomic E-state index is 0.00537. The third-order valence-corrected chi connectivity index (χ3v) is 8.66. The molecule has 3 aromatic carbocycles. The highest BCUT2D eigenvalue weighted by Crippen LogP contribution is 2.34. The minimum atomic E-state index is -3.92. The first-order chi connectivity index (χ1) is 20.7. The van der Waals surface area contributed by atoms with Gasteiger partial charge in [-0.05, 0) is 55.8 Å². The number of amides is 1. The first-order valence-electron chi connectivity index (χ1n) is 13.1. The van der Waals surface area contributed by atoms with E-state index < -0.39 is 10.0 Å². The molecule has 11 heteroatoms. The highest BCUT2D eigenvalue weighted by molar-refractivity contribution is 8.00. The van der Waals surface area contributed by atoms with E-state index in [2.05, 4.69) is 26.1 Å². The van der Waals surface area contributed by atoms with Crippen molar-refractivity contribution < 1.29 is 13.2 Å². The van der Waals surface area contributed by atoms with Crippen molar-refractivity contribution in [2.75, 3.05) is 15.8 Å². The van der Waals surface area contributed by atoms with Crippen molar-refractivity contribution >= 4 is 39.3 Å². The van der Waals surface area contributed by atoms with Crippen LogP contribution in [-0.2, 0) is 14.8 Å². The highest BCUT2D eigenvalue weighted by atomic mass is 32.2. The van der Waals surface area contributed by atoms with Crippen LogP contribution in [-0.4, -0.2) is 35.0 Å². The average Bonchev–Trinajstić information content (AvgIpc) is 3.00. The molecule has 43 heavy (non-hydrogen) atoms. The zero-order chi connectivity index (χ0) is 30.4. The number of nitrogens with one attached hydrogen (secondary N) is 2. The Hall–Kier alpha value is -5.05. The van der Waals surface area contributed by atoms with Crippen LogP contribution in [0.15, 0.2) is 107 Å². The Balaban J connectivity index is 1.33. The molecule has 2 aromatic heterocycles. The molecule has 0 unspecified atom stereocenters. The van der Waals surface area contributed by atoms with Crippen molar-refractivity contribution in [3.05, 3.63) is 114 Å². The zero-order valence-electron chi connectivity index (χ0n) is 23.3. The second-order valence-electron chi connectivity index (χ2n) is 9.57. The summed E-state index contributed by atoms with van der Waals surface area (Å²) < 4.78 is 27.8. The van der Waals surface area contributed by atoms with Crippen LogP contribution >= 0.6 is 11.8 Å². The number of pyridine rings is 1. The molecule has 9 nitrogen and oxygen atoms in total. The van der Waals surface area contributed by atoms with Gasteiger partial charge in [0.25, 0.3) is 10.0 Å². The van der Waals surface area contributed by atoms with Crippen LogP contribution in [0.5, 0.6) is 0 Å². The Kier molecular flexibility index (Phi) is 8.80. The molecule has 0 spiro atoms. The quantitative estimate of drug-likeness (QED) is 0.189. The van der Waals surface area contributed by atoms with Gasteiger partial charge in [-0.3, -0.25) is 4.79 Å². The van der Waals surface area contributed by atoms with Crippen LogP contribution in [0.25, 0.3) is 22.4 Å². The fraction of sp³-hybridized carbons (Fsp3) is 0.0938. The van der Waals surface area contributed by atoms with E-state index >= 15 is 0 Å². The third-order valence-electron chi connectivity index (χ3n) is 6.34. The van der Waals surface area contributed by atoms with Crippen LogP contribution in [0.2, 0.25) is 0 Å². The molecule has 0 radical (unpaired) electrons. The number of carbonyl (C=O) groups is 1. The molecule has 0 aliphatic heterocycles. The van der Waals surface area contributed by atoms with Gasteiger partial charge in [0.1, 0.15) is 11.1 Å². The number of aryl methyl sites for hydroxylation is 2. The van der Waals surface area contributed by atoms with Gasteiger partial charge in [0.2, 0.25) is 11.9 Å². The number of nitriles is 1. The number of carbonyl (C=O) groups excluding carboxylic acids is 1. The van der Waals surface area contributed by atoms with Crippen molar-refractivity contribution in [1.82, 2.24) is 15.0 Å².